The molecular formula is C9H11IN2O2S. The minimum Gasteiger partial charge on any atom is -0.285 e. The maximum atomic E-state index is 11.8. The van der Waals surface area contributed by atoms with Gasteiger partial charge in [-0.25, -0.2) is 0 Å². The number of rotatable bonds is 2. The lowest BCUT2D eigenvalue weighted by Gasteiger charge is -2.35. The summed E-state index contributed by atoms with van der Waals surface area (Å²) in [6, 6.07) is 0. The van der Waals surface area contributed by atoms with E-state index in [1.165, 1.54) is 13.9 Å². The summed E-state index contributed by atoms with van der Waals surface area (Å²) in [4.78, 5) is 26.4. The zero-order valence-corrected chi connectivity index (χ0v) is 11.5. The first-order chi connectivity index (χ1) is 7.08. The summed E-state index contributed by atoms with van der Waals surface area (Å²) in [5.41, 5.74) is 0.188. The van der Waals surface area contributed by atoms with Crippen molar-refractivity contribution >= 4 is 51.7 Å². The lowest BCUT2D eigenvalue weighted by molar-refractivity contribution is -0.133. The van der Waals surface area contributed by atoms with Crippen LogP contribution < -0.4 is 0 Å². The Morgan fingerprint density at radius 3 is 1.87 bits per heavy atom. The van der Waals surface area contributed by atoms with Crippen LogP contribution >= 0.6 is 34.8 Å². The Morgan fingerprint density at radius 1 is 1.20 bits per heavy atom. The molecule has 1 saturated heterocycles. The molecule has 0 aliphatic carbocycles. The van der Waals surface area contributed by atoms with Crippen LogP contribution in [0.3, 0.4) is 0 Å². The van der Waals surface area contributed by atoms with Crippen molar-refractivity contribution in [1.29, 1.82) is 0 Å². The quantitative estimate of drug-likeness (QED) is 0.330. The molecule has 1 aliphatic rings. The van der Waals surface area contributed by atoms with Crippen LogP contribution in [0.5, 0.6) is 0 Å². The van der Waals surface area contributed by atoms with E-state index in [9.17, 15) is 9.59 Å². The highest BCUT2D eigenvalue weighted by molar-refractivity contribution is 14.1. The Labute approximate surface area is 107 Å². The minimum atomic E-state index is -0.299. The van der Waals surface area contributed by atoms with Gasteiger partial charge in [-0.05, 0) is 30.1 Å². The van der Waals surface area contributed by atoms with E-state index in [4.69, 9.17) is 12.2 Å². The average molecular weight is 338 g/mol. The number of amides is 2. The minimum absolute atomic E-state index is 0.188. The van der Waals surface area contributed by atoms with Gasteiger partial charge in [0.2, 0.25) is 0 Å². The first kappa shape index (κ1) is 12.6. The zero-order valence-electron chi connectivity index (χ0n) is 8.49. The Morgan fingerprint density at radius 2 is 1.60 bits per heavy atom. The Hall–Kier alpha value is -0.500. The molecule has 0 N–H and O–H groups in total. The number of halogens is 1. The van der Waals surface area contributed by atoms with Gasteiger partial charge >= 0.3 is 0 Å². The highest BCUT2D eigenvalue weighted by Crippen LogP contribution is 2.18. The molecule has 0 atom stereocenters. The zero-order chi connectivity index (χ0) is 11.6. The van der Waals surface area contributed by atoms with Crippen molar-refractivity contribution in [3.63, 3.8) is 0 Å². The van der Waals surface area contributed by atoms with Gasteiger partial charge in [0.25, 0.3) is 11.8 Å². The molecule has 6 heteroatoms. The third kappa shape index (κ3) is 2.05. The van der Waals surface area contributed by atoms with Crippen LogP contribution in [0.4, 0.5) is 0 Å². The molecule has 1 heterocycles. The predicted octanol–water partition coefficient (Wildman–Crippen LogP) is 1.30. The van der Waals surface area contributed by atoms with E-state index < -0.39 is 0 Å². The molecule has 4 nitrogen and oxygen atoms in total. The first-order valence-electron chi connectivity index (χ1n) is 4.56. The van der Waals surface area contributed by atoms with Crippen LogP contribution in [0.15, 0.2) is 9.66 Å². The fraction of sp³-hybridized carbons (Fsp3) is 0.444. The Bertz CT molecular complexity index is 326. The molecule has 2 amide bonds. The number of carbonyl (C=O) groups is 2. The molecule has 0 bridgehead atoms. The van der Waals surface area contributed by atoms with Crippen LogP contribution in [0.1, 0.15) is 13.8 Å². The summed E-state index contributed by atoms with van der Waals surface area (Å²) in [5, 5.41) is 0.303. The van der Waals surface area contributed by atoms with E-state index in [1.54, 1.807) is 0 Å². The van der Waals surface area contributed by atoms with Crippen molar-refractivity contribution in [3.8, 4) is 0 Å². The fourth-order valence-corrected chi connectivity index (χ4v) is 2.31. The van der Waals surface area contributed by atoms with Crippen molar-refractivity contribution in [1.82, 2.24) is 9.80 Å². The third-order valence-electron chi connectivity index (χ3n) is 2.15. The monoisotopic (exact) mass is 338 g/mol. The number of likely N-dealkylation sites (N-methyl/N-ethyl adjacent to an activating group) is 2. The number of carbonyl (C=O) groups excluding carboxylic acids is 2. The standard InChI is InChI=1S/C9H11IN2O2S/c1-3-11-7(13)6(5-10)8(14)12(4-2)9(11)15/h5H,3-4H2,1-2H3. The molecule has 0 aromatic rings. The second-order valence-electron chi connectivity index (χ2n) is 2.90. The van der Waals surface area contributed by atoms with E-state index in [0.29, 0.717) is 18.2 Å². The lowest BCUT2D eigenvalue weighted by atomic mass is 10.2. The largest absolute Gasteiger partial charge is 0.285 e. The van der Waals surface area contributed by atoms with Gasteiger partial charge < -0.3 is 0 Å². The van der Waals surface area contributed by atoms with E-state index in [-0.39, 0.29) is 17.4 Å². The van der Waals surface area contributed by atoms with Gasteiger partial charge in [0.05, 0.1) is 0 Å². The van der Waals surface area contributed by atoms with Gasteiger partial charge in [0, 0.05) is 13.1 Å². The summed E-state index contributed by atoms with van der Waals surface area (Å²) >= 11 is 6.98. The van der Waals surface area contributed by atoms with Gasteiger partial charge in [-0.1, -0.05) is 22.6 Å². The molecule has 15 heavy (non-hydrogen) atoms. The highest BCUT2D eigenvalue weighted by atomic mass is 127. The highest BCUT2D eigenvalue weighted by Gasteiger charge is 2.37. The molecule has 82 valence electrons. The van der Waals surface area contributed by atoms with Crippen LogP contribution in [0, 0.1) is 0 Å². The predicted molar refractivity (Wildman–Crippen MR) is 69.5 cm³/mol. The van der Waals surface area contributed by atoms with Crippen molar-refractivity contribution in [2.75, 3.05) is 13.1 Å². The molecular weight excluding hydrogens is 327 g/mol. The van der Waals surface area contributed by atoms with E-state index in [0.717, 1.165) is 0 Å². The molecule has 1 rings (SSSR count). The summed E-state index contributed by atoms with van der Waals surface area (Å²) in [6.45, 7) is 4.63. The molecule has 1 aliphatic heterocycles. The smallest absolute Gasteiger partial charge is 0.266 e. The molecule has 1 fully saturated rings. The van der Waals surface area contributed by atoms with Crippen LogP contribution in [-0.2, 0) is 9.59 Å². The molecule has 0 aromatic heterocycles. The first-order valence-corrected chi connectivity index (χ1v) is 6.21. The number of nitrogens with zero attached hydrogens (tertiary/aromatic N) is 2. The fourth-order valence-electron chi connectivity index (χ4n) is 1.35. The molecule has 0 radical (unpaired) electrons. The van der Waals surface area contributed by atoms with E-state index in [2.05, 4.69) is 0 Å². The van der Waals surface area contributed by atoms with Crippen molar-refractivity contribution < 1.29 is 9.59 Å². The van der Waals surface area contributed by atoms with Crippen LogP contribution in [0.2, 0.25) is 0 Å². The summed E-state index contributed by atoms with van der Waals surface area (Å²) < 4.78 is 1.51. The topological polar surface area (TPSA) is 40.6 Å². The average Bonchev–Trinajstić information content (AvgIpc) is 2.19. The van der Waals surface area contributed by atoms with Crippen molar-refractivity contribution in [3.05, 3.63) is 9.66 Å². The second-order valence-corrected chi connectivity index (χ2v) is 3.89. The van der Waals surface area contributed by atoms with E-state index in [1.807, 2.05) is 36.4 Å². The van der Waals surface area contributed by atoms with Crippen LogP contribution in [0.25, 0.3) is 0 Å². The normalized spacial score (nSPS) is 17.5. The molecule has 0 spiro atoms. The number of hydrogen-bond acceptors (Lipinski definition) is 3. The Balaban J connectivity index is 3.15. The lowest BCUT2D eigenvalue weighted by Crippen LogP contribution is -2.55. The maximum absolute atomic E-state index is 11.8. The summed E-state index contributed by atoms with van der Waals surface area (Å²) in [5.74, 6) is -0.599. The molecule has 0 unspecified atom stereocenters. The van der Waals surface area contributed by atoms with Gasteiger partial charge in [0.15, 0.2) is 5.11 Å². The molecule has 0 aromatic carbocycles. The van der Waals surface area contributed by atoms with Gasteiger partial charge in [-0.3, -0.25) is 19.4 Å². The summed E-state index contributed by atoms with van der Waals surface area (Å²) in [7, 11) is 0. The molecule has 0 saturated carbocycles. The number of thiocarbonyl (C=S) groups is 1. The number of hydrogen-bond donors (Lipinski definition) is 0. The Kier molecular flexibility index (Phi) is 4.21. The summed E-state index contributed by atoms with van der Waals surface area (Å²) in [6.07, 6.45) is 0. The van der Waals surface area contributed by atoms with Gasteiger partial charge in [0.1, 0.15) is 5.57 Å². The van der Waals surface area contributed by atoms with Crippen LogP contribution in [-0.4, -0.2) is 39.8 Å². The SMILES string of the molecule is CCN1C(=O)C(=CI)C(=O)N(CC)C1=S. The van der Waals surface area contributed by atoms with Crippen molar-refractivity contribution in [2.24, 2.45) is 0 Å². The van der Waals surface area contributed by atoms with Crippen molar-refractivity contribution in [2.45, 2.75) is 13.8 Å². The maximum Gasteiger partial charge on any atom is 0.266 e. The van der Waals surface area contributed by atoms with E-state index >= 15 is 0 Å². The van der Waals surface area contributed by atoms with Gasteiger partial charge in [-0.2, -0.15) is 0 Å². The third-order valence-corrected chi connectivity index (χ3v) is 3.22. The van der Waals surface area contributed by atoms with Gasteiger partial charge in [-0.15, -0.1) is 0 Å². The second kappa shape index (κ2) is 5.02.